The second kappa shape index (κ2) is 8.90. The largest absolute Gasteiger partial charge is 0.497 e. The molecule has 150 valence electrons. The van der Waals surface area contributed by atoms with Crippen molar-refractivity contribution in [3.8, 4) is 17.1 Å². The zero-order valence-electron chi connectivity index (χ0n) is 16.5. The van der Waals surface area contributed by atoms with Gasteiger partial charge in [-0.3, -0.25) is 4.79 Å². The van der Waals surface area contributed by atoms with E-state index >= 15 is 0 Å². The second-order valence-corrected chi connectivity index (χ2v) is 7.42. The molecular weight excluding hydrogens is 366 g/mol. The van der Waals surface area contributed by atoms with Crippen LogP contribution in [0.5, 0.6) is 5.75 Å². The Morgan fingerprint density at radius 3 is 2.72 bits per heavy atom. The van der Waals surface area contributed by atoms with E-state index in [2.05, 4.69) is 15.5 Å². The predicted octanol–water partition coefficient (Wildman–Crippen LogP) is 4.34. The monoisotopic (exact) mass is 391 g/mol. The van der Waals surface area contributed by atoms with E-state index in [9.17, 15) is 4.79 Å². The number of carbonyl (C=O) groups is 1. The van der Waals surface area contributed by atoms with Crippen LogP contribution in [0.4, 0.5) is 0 Å². The van der Waals surface area contributed by atoms with E-state index < -0.39 is 0 Å². The van der Waals surface area contributed by atoms with Gasteiger partial charge in [-0.25, -0.2) is 0 Å². The Morgan fingerprint density at radius 1 is 1.17 bits per heavy atom. The van der Waals surface area contributed by atoms with E-state index in [1.807, 2.05) is 54.6 Å². The maximum atomic E-state index is 12.8. The number of nitrogens with one attached hydrogen (secondary N) is 1. The quantitative estimate of drug-likeness (QED) is 0.648. The van der Waals surface area contributed by atoms with Crippen molar-refractivity contribution in [1.82, 2.24) is 15.5 Å². The van der Waals surface area contributed by atoms with Gasteiger partial charge in [0, 0.05) is 17.9 Å². The summed E-state index contributed by atoms with van der Waals surface area (Å²) < 4.78 is 10.8. The molecule has 6 nitrogen and oxygen atoms in total. The Hall–Kier alpha value is -3.15. The third kappa shape index (κ3) is 4.65. The van der Waals surface area contributed by atoms with Crippen molar-refractivity contribution in [1.29, 1.82) is 0 Å². The molecule has 1 amide bonds. The van der Waals surface area contributed by atoms with Gasteiger partial charge in [0.1, 0.15) is 11.8 Å². The van der Waals surface area contributed by atoms with Crippen molar-refractivity contribution in [3.05, 3.63) is 66.1 Å². The van der Waals surface area contributed by atoms with E-state index in [1.165, 1.54) is 0 Å². The average molecular weight is 391 g/mol. The molecule has 1 N–H and O–H groups in total. The molecule has 0 radical (unpaired) electrons. The molecule has 6 heteroatoms. The first-order chi connectivity index (χ1) is 14.2. The molecule has 1 aliphatic rings. The lowest BCUT2D eigenvalue weighted by Crippen LogP contribution is -2.34. The predicted molar refractivity (Wildman–Crippen MR) is 109 cm³/mol. The average Bonchev–Trinajstić information content (AvgIpc) is 3.46. The summed E-state index contributed by atoms with van der Waals surface area (Å²) in [5.41, 5.74) is 1.91. The Morgan fingerprint density at radius 2 is 1.97 bits per heavy atom. The molecular formula is C23H25N3O3. The zero-order chi connectivity index (χ0) is 20.1. The lowest BCUT2D eigenvalue weighted by Gasteiger charge is -2.18. The minimum Gasteiger partial charge on any atom is -0.497 e. The third-order valence-corrected chi connectivity index (χ3v) is 5.39. The highest BCUT2D eigenvalue weighted by atomic mass is 16.5. The number of hydrogen-bond acceptors (Lipinski definition) is 5. The summed E-state index contributed by atoms with van der Waals surface area (Å²) >= 11 is 0. The lowest BCUT2D eigenvalue weighted by molar-refractivity contribution is -0.125. The topological polar surface area (TPSA) is 77.3 Å². The van der Waals surface area contributed by atoms with Crippen LogP contribution in [-0.4, -0.2) is 23.2 Å². The van der Waals surface area contributed by atoms with Crippen molar-refractivity contribution in [2.75, 3.05) is 7.11 Å². The van der Waals surface area contributed by atoms with Gasteiger partial charge in [0.15, 0.2) is 0 Å². The fraction of sp³-hybridized carbons (Fsp3) is 0.348. The van der Waals surface area contributed by atoms with Gasteiger partial charge in [-0.05, 0) is 30.5 Å². The van der Waals surface area contributed by atoms with Gasteiger partial charge in [-0.15, -0.1) is 0 Å². The molecule has 1 aromatic heterocycles. The third-order valence-electron chi connectivity index (χ3n) is 5.39. The van der Waals surface area contributed by atoms with Gasteiger partial charge in [0.05, 0.1) is 7.11 Å². The summed E-state index contributed by atoms with van der Waals surface area (Å²) in [5.74, 6) is 1.77. The van der Waals surface area contributed by atoms with Crippen LogP contribution in [-0.2, 0) is 11.2 Å². The Labute approximate surface area is 170 Å². The number of aromatic nitrogens is 2. The highest BCUT2D eigenvalue weighted by Crippen LogP contribution is 2.28. The van der Waals surface area contributed by atoms with Gasteiger partial charge >= 0.3 is 0 Å². The van der Waals surface area contributed by atoms with E-state index in [1.54, 1.807) is 7.11 Å². The summed E-state index contributed by atoms with van der Waals surface area (Å²) in [7, 11) is 1.62. The minimum absolute atomic E-state index is 0.0737. The van der Waals surface area contributed by atoms with Crippen LogP contribution in [0.25, 0.3) is 11.4 Å². The van der Waals surface area contributed by atoms with Crippen LogP contribution in [0.3, 0.4) is 0 Å². The molecule has 1 heterocycles. The van der Waals surface area contributed by atoms with Crippen molar-refractivity contribution in [2.24, 2.45) is 5.92 Å². The molecule has 1 atom stereocenters. The van der Waals surface area contributed by atoms with Crippen LogP contribution in [0.1, 0.15) is 43.2 Å². The van der Waals surface area contributed by atoms with Gasteiger partial charge in [0.2, 0.25) is 17.6 Å². The first-order valence-corrected chi connectivity index (χ1v) is 10.1. The Bertz CT molecular complexity index is 949. The summed E-state index contributed by atoms with van der Waals surface area (Å²) in [6.07, 6.45) is 4.72. The molecule has 0 spiro atoms. The van der Waals surface area contributed by atoms with Crippen LogP contribution < -0.4 is 10.1 Å². The number of rotatable bonds is 7. The summed E-state index contributed by atoms with van der Waals surface area (Å²) in [5, 5.41) is 7.29. The molecule has 29 heavy (non-hydrogen) atoms. The minimum atomic E-state index is -0.364. The Kier molecular flexibility index (Phi) is 5.89. The zero-order valence-corrected chi connectivity index (χ0v) is 16.5. The number of benzene rings is 2. The molecule has 0 saturated heterocycles. The molecule has 4 rings (SSSR count). The maximum absolute atomic E-state index is 12.8. The first-order valence-electron chi connectivity index (χ1n) is 10.1. The van der Waals surface area contributed by atoms with E-state index in [0.29, 0.717) is 18.1 Å². The van der Waals surface area contributed by atoms with Gasteiger partial charge in [-0.1, -0.05) is 60.5 Å². The molecule has 2 aromatic carbocycles. The number of methoxy groups -OCH3 is 1. The van der Waals surface area contributed by atoms with E-state index in [4.69, 9.17) is 9.26 Å². The van der Waals surface area contributed by atoms with Gasteiger partial charge < -0.3 is 14.6 Å². The van der Waals surface area contributed by atoms with E-state index in [0.717, 1.165) is 42.6 Å². The van der Waals surface area contributed by atoms with Crippen LogP contribution in [0.2, 0.25) is 0 Å². The molecule has 0 bridgehead atoms. The van der Waals surface area contributed by atoms with Crippen LogP contribution >= 0.6 is 0 Å². The first kappa shape index (κ1) is 19.2. The molecule has 0 unspecified atom stereocenters. The highest BCUT2D eigenvalue weighted by molar-refractivity contribution is 5.79. The maximum Gasteiger partial charge on any atom is 0.249 e. The molecule has 1 fully saturated rings. The molecule has 1 aliphatic carbocycles. The summed E-state index contributed by atoms with van der Waals surface area (Å²) in [6.45, 7) is 0. The lowest BCUT2D eigenvalue weighted by atomic mass is 10.0. The molecule has 3 aromatic rings. The number of amides is 1. The van der Waals surface area contributed by atoms with Gasteiger partial charge in [0.25, 0.3) is 0 Å². The normalized spacial score (nSPS) is 15.2. The SMILES string of the molecule is COc1cccc(-c2noc([C@@H](Cc3ccccc3)NC(=O)C3CCCC3)n2)c1. The molecule has 0 aliphatic heterocycles. The standard InChI is InChI=1S/C23H25N3O3/c1-28-19-13-7-12-18(15-19)21-25-23(29-26-21)20(14-16-8-3-2-4-9-16)24-22(27)17-10-5-6-11-17/h2-4,7-9,12-13,15,17,20H,5-6,10-11,14H2,1H3,(H,24,27)/t20-/m1/s1. The Balaban J connectivity index is 1.58. The second-order valence-electron chi connectivity index (χ2n) is 7.42. The van der Waals surface area contributed by atoms with Crippen molar-refractivity contribution < 1.29 is 14.1 Å². The number of ether oxygens (including phenoxy) is 1. The van der Waals surface area contributed by atoms with Crippen LogP contribution in [0.15, 0.2) is 59.1 Å². The summed E-state index contributed by atoms with van der Waals surface area (Å²) in [6, 6.07) is 17.2. The van der Waals surface area contributed by atoms with Crippen molar-refractivity contribution in [3.63, 3.8) is 0 Å². The number of nitrogens with zero attached hydrogens (tertiary/aromatic N) is 2. The van der Waals surface area contributed by atoms with Crippen LogP contribution in [0, 0.1) is 5.92 Å². The fourth-order valence-corrected chi connectivity index (χ4v) is 3.78. The fourth-order valence-electron chi connectivity index (χ4n) is 3.78. The van der Waals surface area contributed by atoms with Crippen molar-refractivity contribution in [2.45, 2.75) is 38.1 Å². The summed E-state index contributed by atoms with van der Waals surface area (Å²) in [4.78, 5) is 17.3. The smallest absolute Gasteiger partial charge is 0.249 e. The van der Waals surface area contributed by atoms with Crippen molar-refractivity contribution >= 4 is 5.91 Å². The highest BCUT2D eigenvalue weighted by Gasteiger charge is 2.28. The number of carbonyl (C=O) groups excluding carboxylic acids is 1. The number of hydrogen-bond donors (Lipinski definition) is 1. The molecule has 1 saturated carbocycles. The van der Waals surface area contributed by atoms with E-state index in [-0.39, 0.29) is 17.9 Å². The van der Waals surface area contributed by atoms with Gasteiger partial charge in [-0.2, -0.15) is 4.98 Å².